The molecule has 1 amide bonds. The molecule has 1 unspecified atom stereocenters. The van der Waals surface area contributed by atoms with Gasteiger partial charge < -0.3 is 25.0 Å². The Kier molecular flexibility index (Phi) is 8.89. The number of carbonyl (C=O) groups is 2. The van der Waals surface area contributed by atoms with E-state index in [1.165, 1.54) is 0 Å². The van der Waals surface area contributed by atoms with Gasteiger partial charge in [0.15, 0.2) is 5.11 Å². The monoisotopic (exact) mass is 529 g/mol. The summed E-state index contributed by atoms with van der Waals surface area (Å²) < 4.78 is 10.5. The van der Waals surface area contributed by atoms with Gasteiger partial charge in [0.2, 0.25) is 5.91 Å². The zero-order valence-corrected chi connectivity index (χ0v) is 22.5. The van der Waals surface area contributed by atoms with Gasteiger partial charge in [0.1, 0.15) is 6.61 Å². The fraction of sp³-hybridized carbons (Fsp3) is 0.233. The van der Waals surface area contributed by atoms with Crippen molar-refractivity contribution in [1.29, 1.82) is 0 Å². The molecule has 38 heavy (non-hydrogen) atoms. The molecule has 0 saturated carbocycles. The molecule has 1 atom stereocenters. The van der Waals surface area contributed by atoms with Crippen LogP contribution in [0.25, 0.3) is 0 Å². The molecule has 0 aliphatic carbocycles. The quantitative estimate of drug-likeness (QED) is 0.235. The number of benzene rings is 3. The van der Waals surface area contributed by atoms with Crippen LogP contribution in [0.1, 0.15) is 35.6 Å². The van der Waals surface area contributed by atoms with Crippen LogP contribution in [-0.2, 0) is 19.1 Å². The van der Waals surface area contributed by atoms with Crippen molar-refractivity contribution in [1.82, 2.24) is 10.2 Å². The number of rotatable bonds is 9. The molecule has 8 heteroatoms. The second-order valence-corrected chi connectivity index (χ2v) is 9.33. The SMILES string of the molecule is COCCOC(=O)C1=C(C)N(C)C(=S)NC1c1cccc(NC(=O)C(c2ccccc2)c2ccccc2)c1. The van der Waals surface area contributed by atoms with Crippen molar-refractivity contribution in [2.45, 2.75) is 18.9 Å². The minimum atomic E-state index is -0.537. The normalized spacial score (nSPS) is 15.3. The molecule has 1 aliphatic rings. The summed E-state index contributed by atoms with van der Waals surface area (Å²) in [5.74, 6) is -1.09. The molecule has 2 N–H and O–H groups in total. The zero-order chi connectivity index (χ0) is 27.1. The molecule has 7 nitrogen and oxygen atoms in total. The third-order valence-electron chi connectivity index (χ3n) is 6.51. The number of hydrogen-bond donors (Lipinski definition) is 2. The van der Waals surface area contributed by atoms with Gasteiger partial charge >= 0.3 is 5.97 Å². The average molecular weight is 530 g/mol. The van der Waals surface area contributed by atoms with E-state index in [1.807, 2.05) is 91.9 Å². The number of anilines is 1. The van der Waals surface area contributed by atoms with Crippen molar-refractivity contribution in [2.75, 3.05) is 32.7 Å². The van der Waals surface area contributed by atoms with Gasteiger partial charge in [-0.1, -0.05) is 72.8 Å². The first-order valence-corrected chi connectivity index (χ1v) is 12.7. The first kappa shape index (κ1) is 27.0. The summed E-state index contributed by atoms with van der Waals surface area (Å²) in [6.07, 6.45) is 0. The Labute approximate surface area is 228 Å². The van der Waals surface area contributed by atoms with Crippen LogP contribution in [0, 0.1) is 0 Å². The van der Waals surface area contributed by atoms with Crippen LogP contribution in [-0.4, -0.2) is 49.3 Å². The van der Waals surface area contributed by atoms with E-state index >= 15 is 0 Å². The molecule has 0 bridgehead atoms. The van der Waals surface area contributed by atoms with Crippen LogP contribution in [0.4, 0.5) is 5.69 Å². The number of ether oxygens (including phenoxy) is 2. The first-order chi connectivity index (χ1) is 18.4. The van der Waals surface area contributed by atoms with Gasteiger partial charge in [-0.3, -0.25) is 4.79 Å². The van der Waals surface area contributed by atoms with E-state index in [1.54, 1.807) is 19.1 Å². The number of carbonyl (C=O) groups excluding carboxylic acids is 2. The van der Waals surface area contributed by atoms with Crippen molar-refractivity contribution >= 4 is 34.9 Å². The summed E-state index contributed by atoms with van der Waals surface area (Å²) in [7, 11) is 3.35. The highest BCUT2D eigenvalue weighted by atomic mass is 32.1. The van der Waals surface area contributed by atoms with Crippen LogP contribution < -0.4 is 10.6 Å². The topological polar surface area (TPSA) is 79.9 Å². The number of nitrogens with zero attached hydrogens (tertiary/aromatic N) is 1. The largest absolute Gasteiger partial charge is 0.460 e. The van der Waals surface area contributed by atoms with Crippen LogP contribution in [0.15, 0.2) is 96.2 Å². The van der Waals surface area contributed by atoms with Crippen molar-refractivity contribution in [3.63, 3.8) is 0 Å². The summed E-state index contributed by atoms with van der Waals surface area (Å²) in [5, 5.41) is 6.81. The standard InChI is InChI=1S/C30H31N3O4S/c1-20-25(29(35)37-18-17-36-3)27(32-30(38)33(20)2)23-15-10-16-24(19-23)31-28(34)26(21-11-6-4-7-12-21)22-13-8-5-9-14-22/h4-16,19,26-27H,17-18H2,1-3H3,(H,31,34)(H,32,38). The van der Waals surface area contributed by atoms with Crippen molar-refractivity contribution in [3.8, 4) is 0 Å². The third-order valence-corrected chi connectivity index (χ3v) is 6.90. The lowest BCUT2D eigenvalue weighted by Gasteiger charge is -2.35. The van der Waals surface area contributed by atoms with E-state index in [9.17, 15) is 9.59 Å². The molecule has 196 valence electrons. The minimum absolute atomic E-state index is 0.142. The fourth-order valence-electron chi connectivity index (χ4n) is 4.44. The van der Waals surface area contributed by atoms with Gasteiger partial charge in [-0.2, -0.15) is 0 Å². The van der Waals surface area contributed by atoms with Crippen molar-refractivity contribution in [2.24, 2.45) is 0 Å². The Bertz CT molecular complexity index is 1290. The van der Waals surface area contributed by atoms with Crippen LogP contribution >= 0.6 is 12.2 Å². The maximum absolute atomic E-state index is 13.6. The van der Waals surface area contributed by atoms with Crippen molar-refractivity contribution < 1.29 is 19.1 Å². The van der Waals surface area contributed by atoms with Crippen LogP contribution in [0.2, 0.25) is 0 Å². The number of methoxy groups -OCH3 is 1. The molecule has 0 saturated heterocycles. The van der Waals surface area contributed by atoms with Gasteiger partial charge in [0.25, 0.3) is 0 Å². The number of allylic oxidation sites excluding steroid dienone is 1. The first-order valence-electron chi connectivity index (χ1n) is 12.3. The van der Waals surface area contributed by atoms with E-state index in [-0.39, 0.29) is 12.5 Å². The number of hydrogen-bond acceptors (Lipinski definition) is 5. The second-order valence-electron chi connectivity index (χ2n) is 8.94. The predicted octanol–water partition coefficient (Wildman–Crippen LogP) is 4.78. The second kappa shape index (κ2) is 12.5. The van der Waals surface area contributed by atoms with Gasteiger partial charge in [0, 0.05) is 25.5 Å². The van der Waals surface area contributed by atoms with Crippen LogP contribution in [0.3, 0.4) is 0 Å². The highest BCUT2D eigenvalue weighted by Gasteiger charge is 2.33. The molecular weight excluding hydrogens is 498 g/mol. The minimum Gasteiger partial charge on any atom is -0.460 e. The Balaban J connectivity index is 1.63. The summed E-state index contributed by atoms with van der Waals surface area (Å²) in [6, 6.07) is 26.2. The molecule has 0 radical (unpaired) electrons. The summed E-state index contributed by atoms with van der Waals surface area (Å²) >= 11 is 5.51. The maximum Gasteiger partial charge on any atom is 0.338 e. The van der Waals surface area contributed by atoms with E-state index in [4.69, 9.17) is 21.7 Å². The predicted molar refractivity (Wildman–Crippen MR) is 152 cm³/mol. The Morgan fingerprint density at radius 1 is 0.974 bits per heavy atom. The average Bonchev–Trinajstić information content (AvgIpc) is 2.93. The number of thiocarbonyl (C=S) groups is 1. The number of esters is 1. The fourth-order valence-corrected chi connectivity index (χ4v) is 4.70. The van der Waals surface area contributed by atoms with Gasteiger partial charge in [0.05, 0.1) is 24.1 Å². The van der Waals surface area contributed by atoms with E-state index in [0.717, 1.165) is 16.7 Å². The van der Waals surface area contributed by atoms with E-state index in [2.05, 4.69) is 10.6 Å². The van der Waals surface area contributed by atoms with Crippen LogP contribution in [0.5, 0.6) is 0 Å². The van der Waals surface area contributed by atoms with Gasteiger partial charge in [-0.15, -0.1) is 0 Å². The zero-order valence-electron chi connectivity index (χ0n) is 21.6. The molecule has 1 aliphatic heterocycles. The summed E-state index contributed by atoms with van der Waals surface area (Å²) in [6.45, 7) is 2.28. The molecule has 4 rings (SSSR count). The summed E-state index contributed by atoms with van der Waals surface area (Å²) in [5.41, 5.74) is 4.33. The van der Waals surface area contributed by atoms with Gasteiger partial charge in [-0.05, 0) is 48.0 Å². The lowest BCUT2D eigenvalue weighted by atomic mass is 9.90. The lowest BCUT2D eigenvalue weighted by molar-refractivity contribution is -0.140. The summed E-state index contributed by atoms with van der Waals surface area (Å²) in [4.78, 5) is 28.4. The highest BCUT2D eigenvalue weighted by molar-refractivity contribution is 7.80. The number of nitrogens with one attached hydrogen (secondary N) is 2. The van der Waals surface area contributed by atoms with E-state index < -0.39 is 17.9 Å². The number of amides is 1. The van der Waals surface area contributed by atoms with E-state index in [0.29, 0.717) is 28.7 Å². The molecule has 3 aromatic carbocycles. The van der Waals surface area contributed by atoms with Gasteiger partial charge in [-0.25, -0.2) is 4.79 Å². The Morgan fingerprint density at radius 2 is 1.61 bits per heavy atom. The molecular formula is C30H31N3O4S. The lowest BCUT2D eigenvalue weighted by Crippen LogP contribution is -2.46. The van der Waals surface area contributed by atoms with Crippen molar-refractivity contribution in [3.05, 3.63) is 113 Å². The molecule has 1 heterocycles. The highest BCUT2D eigenvalue weighted by Crippen LogP contribution is 2.32. The smallest absolute Gasteiger partial charge is 0.338 e. The third kappa shape index (κ3) is 6.10. The molecule has 0 fully saturated rings. The molecule has 0 aromatic heterocycles. The Hall–Kier alpha value is -4.01. The molecule has 0 spiro atoms. The molecule has 3 aromatic rings. The maximum atomic E-state index is 13.6. The Morgan fingerprint density at radius 3 is 2.21 bits per heavy atom.